The van der Waals surface area contributed by atoms with Crippen LogP contribution in [0, 0.1) is 0 Å². The van der Waals surface area contributed by atoms with Crippen LogP contribution in [0.4, 0.5) is 0 Å². The van der Waals surface area contributed by atoms with Gasteiger partial charge in [-0.3, -0.25) is 0 Å². The van der Waals surface area contributed by atoms with E-state index in [4.69, 9.17) is 18.9 Å². The first-order valence-electron chi connectivity index (χ1n) is 12.6. The fourth-order valence-electron chi connectivity index (χ4n) is 3.57. The Balaban J connectivity index is 1.43. The summed E-state index contributed by atoms with van der Waals surface area (Å²) >= 11 is 0. The van der Waals surface area contributed by atoms with E-state index in [1.165, 1.54) is 5.56 Å². The van der Waals surface area contributed by atoms with Gasteiger partial charge in [0, 0.05) is 30.9 Å². The van der Waals surface area contributed by atoms with Crippen molar-refractivity contribution in [1.82, 2.24) is 0 Å². The molecule has 0 fully saturated rings. The van der Waals surface area contributed by atoms with E-state index in [-0.39, 0.29) is 6.61 Å². The molecule has 0 radical (unpaired) electrons. The second kappa shape index (κ2) is 14.7. The molecule has 1 aliphatic carbocycles. The zero-order valence-electron chi connectivity index (χ0n) is 21.2. The highest BCUT2D eigenvalue weighted by atomic mass is 16.6. The number of allylic oxidation sites excluding steroid dienone is 4. The lowest BCUT2D eigenvalue weighted by molar-refractivity contribution is -0.137. The van der Waals surface area contributed by atoms with Crippen molar-refractivity contribution in [3.05, 3.63) is 102 Å². The van der Waals surface area contributed by atoms with E-state index in [1.54, 1.807) is 36.4 Å². The molecule has 0 saturated carbocycles. The topological polar surface area (TPSA) is 91.3 Å². The number of benzene rings is 2. The van der Waals surface area contributed by atoms with Crippen molar-refractivity contribution in [1.29, 1.82) is 0 Å². The molecule has 1 aliphatic rings. The lowest BCUT2D eigenvalue weighted by Gasteiger charge is -2.19. The fraction of sp³-hybridized carbons (Fsp3) is 0.333. The SMILES string of the molecule is C=CC(=O)OCCCOc1ccc(C(=O)OC2=CC=C(OC(O)c3ccc(CCCC)cc3)CC2)cc1. The number of aliphatic hydroxyl groups is 1. The van der Waals surface area contributed by atoms with Crippen LogP contribution in [0.5, 0.6) is 5.75 Å². The third-order valence-corrected chi connectivity index (χ3v) is 5.70. The van der Waals surface area contributed by atoms with Gasteiger partial charge in [-0.25, -0.2) is 9.59 Å². The highest BCUT2D eigenvalue weighted by Crippen LogP contribution is 2.26. The first-order chi connectivity index (χ1) is 18.0. The van der Waals surface area contributed by atoms with Crippen LogP contribution in [0.25, 0.3) is 0 Å². The standard InChI is InChI=1S/C30H34O7/c1-3-5-7-22-8-10-23(11-9-22)29(32)36-26-16-18-27(19-17-26)37-30(33)24-12-14-25(15-13-24)34-20-6-21-35-28(31)4-2/h4,8-16,18,29,32H,2-3,5-7,17,19-21H2,1H3. The van der Waals surface area contributed by atoms with Gasteiger partial charge in [0.15, 0.2) is 0 Å². The van der Waals surface area contributed by atoms with Gasteiger partial charge in [-0.15, -0.1) is 0 Å². The Hall–Kier alpha value is -3.84. The normalized spacial score (nSPS) is 13.6. The van der Waals surface area contributed by atoms with Crippen LogP contribution in [0.2, 0.25) is 0 Å². The largest absolute Gasteiger partial charge is 0.493 e. The van der Waals surface area contributed by atoms with Crippen molar-refractivity contribution in [2.24, 2.45) is 0 Å². The Morgan fingerprint density at radius 1 is 0.973 bits per heavy atom. The van der Waals surface area contributed by atoms with E-state index in [2.05, 4.69) is 13.5 Å². The van der Waals surface area contributed by atoms with Gasteiger partial charge in [-0.2, -0.15) is 0 Å². The van der Waals surface area contributed by atoms with Crippen molar-refractivity contribution < 1.29 is 33.6 Å². The molecule has 7 heteroatoms. The van der Waals surface area contributed by atoms with Gasteiger partial charge in [-0.1, -0.05) is 44.2 Å². The van der Waals surface area contributed by atoms with E-state index in [0.717, 1.165) is 25.3 Å². The van der Waals surface area contributed by atoms with Gasteiger partial charge in [-0.05, 0) is 54.8 Å². The maximum atomic E-state index is 12.5. The van der Waals surface area contributed by atoms with Gasteiger partial charge >= 0.3 is 11.9 Å². The summed E-state index contributed by atoms with van der Waals surface area (Å²) in [5.41, 5.74) is 2.35. The minimum Gasteiger partial charge on any atom is -0.493 e. The summed E-state index contributed by atoms with van der Waals surface area (Å²) < 4.78 is 21.7. The molecular formula is C30H34O7. The minimum absolute atomic E-state index is 0.247. The van der Waals surface area contributed by atoms with E-state index in [0.29, 0.717) is 54.3 Å². The number of unbranched alkanes of at least 4 members (excludes halogenated alkanes) is 1. The maximum Gasteiger partial charge on any atom is 0.343 e. The Labute approximate surface area is 218 Å². The lowest BCUT2D eigenvalue weighted by atomic mass is 10.1. The molecule has 2 aromatic rings. The quantitative estimate of drug-likeness (QED) is 0.146. The molecule has 0 spiro atoms. The van der Waals surface area contributed by atoms with E-state index >= 15 is 0 Å². The Morgan fingerprint density at radius 2 is 1.68 bits per heavy atom. The first kappa shape index (κ1) is 27.7. The summed E-state index contributed by atoms with van der Waals surface area (Å²) in [7, 11) is 0. The van der Waals surface area contributed by atoms with Gasteiger partial charge in [0.2, 0.25) is 6.29 Å². The number of esters is 2. The highest BCUT2D eigenvalue weighted by Gasteiger charge is 2.17. The van der Waals surface area contributed by atoms with Crippen LogP contribution < -0.4 is 4.74 Å². The van der Waals surface area contributed by atoms with Crippen LogP contribution in [-0.4, -0.2) is 30.3 Å². The molecule has 1 atom stereocenters. The zero-order chi connectivity index (χ0) is 26.5. The maximum absolute atomic E-state index is 12.5. The Kier molecular flexibility index (Phi) is 11.0. The van der Waals surface area contributed by atoms with Crippen molar-refractivity contribution in [3.8, 4) is 5.75 Å². The molecular weight excluding hydrogens is 472 g/mol. The minimum atomic E-state index is -1.05. The predicted octanol–water partition coefficient (Wildman–Crippen LogP) is 5.95. The number of carbonyl (C=O) groups is 2. The molecule has 0 heterocycles. The molecule has 7 nitrogen and oxygen atoms in total. The summed E-state index contributed by atoms with van der Waals surface area (Å²) in [5.74, 6) is 0.832. The predicted molar refractivity (Wildman–Crippen MR) is 140 cm³/mol. The molecule has 37 heavy (non-hydrogen) atoms. The van der Waals surface area contributed by atoms with Crippen LogP contribution in [-0.2, 0) is 25.4 Å². The molecule has 1 N–H and O–H groups in total. The number of hydrogen-bond acceptors (Lipinski definition) is 7. The average molecular weight is 507 g/mol. The van der Waals surface area contributed by atoms with Crippen molar-refractivity contribution in [3.63, 3.8) is 0 Å². The summed E-state index contributed by atoms with van der Waals surface area (Å²) in [6.07, 6.45) is 8.32. The van der Waals surface area contributed by atoms with E-state index in [1.807, 2.05) is 24.3 Å². The smallest absolute Gasteiger partial charge is 0.343 e. The van der Waals surface area contributed by atoms with Crippen LogP contribution >= 0.6 is 0 Å². The first-order valence-corrected chi connectivity index (χ1v) is 12.6. The third kappa shape index (κ3) is 9.28. The molecule has 0 bridgehead atoms. The van der Waals surface area contributed by atoms with Crippen LogP contribution in [0.3, 0.4) is 0 Å². The van der Waals surface area contributed by atoms with Gasteiger partial charge < -0.3 is 24.1 Å². The molecule has 3 rings (SSSR count). The van der Waals surface area contributed by atoms with Gasteiger partial charge in [0.1, 0.15) is 17.3 Å². The number of hydrogen-bond donors (Lipinski definition) is 1. The summed E-state index contributed by atoms with van der Waals surface area (Å²) in [6.45, 7) is 6.12. The molecule has 1 unspecified atom stereocenters. The van der Waals surface area contributed by atoms with Crippen molar-refractivity contribution in [2.75, 3.05) is 13.2 Å². The van der Waals surface area contributed by atoms with Crippen LogP contribution in [0.15, 0.2) is 84.9 Å². The second-order valence-corrected chi connectivity index (χ2v) is 8.57. The van der Waals surface area contributed by atoms with Crippen molar-refractivity contribution >= 4 is 11.9 Å². The second-order valence-electron chi connectivity index (χ2n) is 8.57. The number of aliphatic hydroxyl groups excluding tert-OH is 1. The number of ether oxygens (including phenoxy) is 4. The van der Waals surface area contributed by atoms with Gasteiger partial charge in [0.05, 0.1) is 18.8 Å². The van der Waals surface area contributed by atoms with Gasteiger partial charge in [0.25, 0.3) is 0 Å². The number of carbonyl (C=O) groups excluding carboxylic acids is 2. The van der Waals surface area contributed by atoms with E-state index in [9.17, 15) is 14.7 Å². The summed E-state index contributed by atoms with van der Waals surface area (Å²) in [4.78, 5) is 23.5. The molecule has 0 aliphatic heterocycles. The monoisotopic (exact) mass is 506 g/mol. The summed E-state index contributed by atoms with van der Waals surface area (Å²) in [6, 6.07) is 14.5. The summed E-state index contributed by atoms with van der Waals surface area (Å²) in [5, 5.41) is 10.4. The number of aryl methyl sites for hydroxylation is 1. The fourth-order valence-corrected chi connectivity index (χ4v) is 3.57. The molecule has 0 aromatic heterocycles. The molecule has 0 amide bonds. The average Bonchev–Trinajstić information content (AvgIpc) is 2.93. The molecule has 0 saturated heterocycles. The zero-order valence-corrected chi connectivity index (χ0v) is 21.2. The Morgan fingerprint density at radius 3 is 2.32 bits per heavy atom. The number of rotatable bonds is 14. The highest BCUT2D eigenvalue weighted by molar-refractivity contribution is 5.90. The van der Waals surface area contributed by atoms with Crippen LogP contribution in [0.1, 0.15) is 66.8 Å². The van der Waals surface area contributed by atoms with Crippen molar-refractivity contribution in [2.45, 2.75) is 51.7 Å². The Bertz CT molecular complexity index is 1100. The van der Waals surface area contributed by atoms with E-state index < -0.39 is 18.2 Å². The molecule has 196 valence electrons. The third-order valence-electron chi connectivity index (χ3n) is 5.70. The lowest BCUT2D eigenvalue weighted by Crippen LogP contribution is -2.09. The molecule has 2 aromatic carbocycles.